The van der Waals surface area contributed by atoms with Gasteiger partial charge in [0.1, 0.15) is 0 Å². The van der Waals surface area contributed by atoms with Crippen molar-refractivity contribution < 1.29 is 4.79 Å². The van der Waals surface area contributed by atoms with Gasteiger partial charge in [-0.15, -0.1) is 0 Å². The highest BCUT2D eigenvalue weighted by Crippen LogP contribution is 2.17. The van der Waals surface area contributed by atoms with Crippen LogP contribution >= 0.6 is 0 Å². The normalized spacial score (nSPS) is 13.1. The van der Waals surface area contributed by atoms with Gasteiger partial charge in [0.2, 0.25) is 5.91 Å². The summed E-state index contributed by atoms with van der Waals surface area (Å²) < 4.78 is 0. The second-order valence-corrected chi connectivity index (χ2v) is 5.48. The van der Waals surface area contributed by atoms with Crippen LogP contribution in [0.2, 0.25) is 0 Å². The highest BCUT2D eigenvalue weighted by molar-refractivity contribution is 5.78. The van der Waals surface area contributed by atoms with Gasteiger partial charge in [0.05, 0.1) is 0 Å². The number of hydrogen-bond donors (Lipinski definition) is 1. The van der Waals surface area contributed by atoms with Crippen LogP contribution in [0.5, 0.6) is 0 Å². The second-order valence-electron chi connectivity index (χ2n) is 5.48. The van der Waals surface area contributed by atoms with Gasteiger partial charge < -0.3 is 10.2 Å². The predicted octanol–water partition coefficient (Wildman–Crippen LogP) is 2.90. The van der Waals surface area contributed by atoms with Crippen molar-refractivity contribution in [3.63, 3.8) is 0 Å². The molecule has 0 heterocycles. The molecule has 0 saturated heterocycles. The number of hydrogen-bond acceptors (Lipinski definition) is 2. The molecule has 0 fully saturated rings. The quantitative estimate of drug-likeness (QED) is 0.806. The molecule has 0 saturated carbocycles. The van der Waals surface area contributed by atoms with Crippen molar-refractivity contribution in [3.05, 3.63) is 0 Å². The predicted molar refractivity (Wildman–Crippen MR) is 76.2 cm³/mol. The minimum Gasteiger partial charge on any atom is -0.353 e. The van der Waals surface area contributed by atoms with Gasteiger partial charge in [-0.05, 0) is 41.3 Å². The second kappa shape index (κ2) is 8.51. The highest BCUT2D eigenvalue weighted by atomic mass is 16.1. The Morgan fingerprint density at radius 1 is 1.18 bits per heavy atom. The summed E-state index contributed by atoms with van der Waals surface area (Å²) in [5.41, 5.74) is 0.115. The maximum absolute atomic E-state index is 11.5. The molecule has 3 nitrogen and oxygen atoms in total. The van der Waals surface area contributed by atoms with Crippen LogP contribution in [0.3, 0.4) is 0 Å². The van der Waals surface area contributed by atoms with Crippen LogP contribution < -0.4 is 5.32 Å². The topological polar surface area (TPSA) is 32.3 Å². The van der Waals surface area contributed by atoms with Crippen LogP contribution in [0.1, 0.15) is 54.9 Å². The van der Waals surface area contributed by atoms with Crippen LogP contribution in [0.4, 0.5) is 0 Å². The fourth-order valence-electron chi connectivity index (χ4n) is 1.39. The lowest BCUT2D eigenvalue weighted by Crippen LogP contribution is -2.45. The average molecular weight is 244 g/mol. The molecule has 104 valence electrons. The Morgan fingerprint density at radius 2 is 1.59 bits per heavy atom. The monoisotopic (exact) mass is 244 g/mol. The summed E-state index contributed by atoms with van der Waals surface area (Å²) >= 11 is 0. The number of nitrogens with zero attached hydrogens (tertiary/aromatic N) is 1. The third-order valence-corrected chi connectivity index (χ3v) is 2.93. The lowest BCUT2D eigenvalue weighted by molar-refractivity contribution is -0.124. The first-order chi connectivity index (χ1) is 7.66. The third-order valence-electron chi connectivity index (χ3n) is 2.93. The molecule has 1 N–H and O–H groups in total. The molecule has 0 aromatic rings. The van der Waals surface area contributed by atoms with E-state index in [0.717, 1.165) is 6.42 Å². The van der Waals surface area contributed by atoms with E-state index in [-0.39, 0.29) is 23.4 Å². The fourth-order valence-corrected chi connectivity index (χ4v) is 1.39. The van der Waals surface area contributed by atoms with Crippen molar-refractivity contribution in [3.8, 4) is 0 Å². The molecule has 0 rings (SSSR count). The molecule has 0 bridgehead atoms. The summed E-state index contributed by atoms with van der Waals surface area (Å²) in [6.07, 6.45) is 0.957. The van der Waals surface area contributed by atoms with Gasteiger partial charge in [-0.25, -0.2) is 0 Å². The Labute approximate surface area is 108 Å². The Morgan fingerprint density at radius 3 is 1.88 bits per heavy atom. The summed E-state index contributed by atoms with van der Waals surface area (Å²) in [4.78, 5) is 13.7. The fraction of sp³-hybridized carbons (Fsp3) is 0.929. The van der Waals surface area contributed by atoms with Crippen molar-refractivity contribution in [1.82, 2.24) is 10.2 Å². The maximum atomic E-state index is 11.5. The molecule has 1 unspecified atom stereocenters. The Hall–Kier alpha value is -0.570. The van der Waals surface area contributed by atoms with E-state index in [2.05, 4.69) is 45.1 Å². The molecule has 0 radical (unpaired) electrons. The number of amides is 1. The van der Waals surface area contributed by atoms with E-state index >= 15 is 0 Å². The van der Waals surface area contributed by atoms with Crippen LogP contribution in [0.25, 0.3) is 0 Å². The van der Waals surface area contributed by atoms with Crippen molar-refractivity contribution >= 4 is 5.91 Å². The van der Waals surface area contributed by atoms with Crippen molar-refractivity contribution in [2.75, 3.05) is 14.1 Å². The van der Waals surface area contributed by atoms with E-state index in [4.69, 9.17) is 0 Å². The Bertz CT molecular complexity index is 210. The van der Waals surface area contributed by atoms with Crippen LogP contribution in [0.15, 0.2) is 0 Å². The summed E-state index contributed by atoms with van der Waals surface area (Å²) in [5, 5.41) is 3.02. The maximum Gasteiger partial charge on any atom is 0.222 e. The van der Waals surface area contributed by atoms with E-state index in [1.807, 2.05) is 27.7 Å². The third kappa shape index (κ3) is 8.19. The van der Waals surface area contributed by atoms with Crippen molar-refractivity contribution in [2.24, 2.45) is 5.92 Å². The minimum absolute atomic E-state index is 0.0647. The number of nitrogens with one attached hydrogen (secondary N) is 1. The molecular formula is C14H32N2O. The van der Waals surface area contributed by atoms with Crippen molar-refractivity contribution in [2.45, 2.75) is 66.5 Å². The van der Waals surface area contributed by atoms with Gasteiger partial charge in [0.15, 0.2) is 0 Å². The molecule has 1 amide bonds. The lowest BCUT2D eigenvalue weighted by Gasteiger charge is -2.35. The van der Waals surface area contributed by atoms with Gasteiger partial charge in [-0.3, -0.25) is 4.79 Å². The van der Waals surface area contributed by atoms with Gasteiger partial charge >= 0.3 is 0 Å². The van der Waals surface area contributed by atoms with Gasteiger partial charge in [-0.2, -0.15) is 0 Å². The molecule has 0 spiro atoms. The van der Waals surface area contributed by atoms with Crippen molar-refractivity contribution in [1.29, 1.82) is 0 Å². The Kier molecular flexibility index (Phi) is 9.40. The summed E-state index contributed by atoms with van der Waals surface area (Å²) in [6, 6.07) is 0.220. The van der Waals surface area contributed by atoms with E-state index in [9.17, 15) is 4.79 Å². The van der Waals surface area contributed by atoms with Crippen LogP contribution in [-0.4, -0.2) is 36.5 Å². The van der Waals surface area contributed by atoms with Crippen LogP contribution in [0, 0.1) is 5.92 Å². The van der Waals surface area contributed by atoms with Gasteiger partial charge in [0.25, 0.3) is 0 Å². The van der Waals surface area contributed by atoms with E-state index < -0.39 is 0 Å². The SMILES string of the molecule is CC.CC(CC(C)(C)N(C)C)NC(=O)C(C)C. The number of rotatable bonds is 5. The molecule has 0 aliphatic heterocycles. The summed E-state index contributed by atoms with van der Waals surface area (Å²) in [6.45, 7) is 14.3. The molecule has 3 heteroatoms. The smallest absolute Gasteiger partial charge is 0.222 e. The zero-order valence-electron chi connectivity index (χ0n) is 13.2. The molecule has 1 atom stereocenters. The van der Waals surface area contributed by atoms with Crippen LogP contribution in [-0.2, 0) is 4.79 Å². The first kappa shape index (κ1) is 18.8. The average Bonchev–Trinajstić information content (AvgIpc) is 2.19. The van der Waals surface area contributed by atoms with E-state index in [1.165, 1.54) is 0 Å². The molecule has 0 aliphatic rings. The first-order valence-electron chi connectivity index (χ1n) is 6.64. The molecule has 0 aromatic heterocycles. The Balaban J connectivity index is 0. The van der Waals surface area contributed by atoms with E-state index in [1.54, 1.807) is 0 Å². The van der Waals surface area contributed by atoms with Gasteiger partial charge in [0, 0.05) is 17.5 Å². The molecule has 17 heavy (non-hydrogen) atoms. The molecular weight excluding hydrogens is 212 g/mol. The molecule has 0 aromatic carbocycles. The minimum atomic E-state index is 0.0647. The first-order valence-corrected chi connectivity index (χ1v) is 6.64. The largest absolute Gasteiger partial charge is 0.353 e. The summed E-state index contributed by atoms with van der Waals surface area (Å²) in [5.74, 6) is 0.201. The zero-order chi connectivity index (χ0) is 14.2. The standard InChI is InChI=1S/C12H26N2O.C2H6/c1-9(2)11(15)13-10(3)8-12(4,5)14(6)7;1-2/h9-10H,8H2,1-7H3,(H,13,15);1-2H3. The number of carbonyl (C=O) groups excluding carboxylic acids is 1. The zero-order valence-corrected chi connectivity index (χ0v) is 13.2. The summed E-state index contributed by atoms with van der Waals surface area (Å²) in [7, 11) is 4.13. The molecule has 0 aliphatic carbocycles. The van der Waals surface area contributed by atoms with E-state index in [0.29, 0.717) is 0 Å². The van der Waals surface area contributed by atoms with Gasteiger partial charge in [-0.1, -0.05) is 27.7 Å². The highest BCUT2D eigenvalue weighted by Gasteiger charge is 2.24. The number of carbonyl (C=O) groups is 1. The lowest BCUT2D eigenvalue weighted by atomic mass is 9.94.